The Labute approximate surface area is 116 Å². The highest BCUT2D eigenvalue weighted by atomic mass is 15.3. The van der Waals surface area contributed by atoms with Crippen molar-refractivity contribution in [3.63, 3.8) is 0 Å². The maximum Gasteiger partial charge on any atom is 0.163 e. The van der Waals surface area contributed by atoms with Crippen molar-refractivity contribution in [1.82, 2.24) is 19.7 Å². The first-order valence-corrected chi connectivity index (χ1v) is 6.36. The van der Waals surface area contributed by atoms with E-state index in [1.165, 1.54) is 0 Å². The predicted octanol–water partition coefficient (Wildman–Crippen LogP) is 1.59. The van der Waals surface area contributed by atoms with Gasteiger partial charge in [0.1, 0.15) is 12.1 Å². The molecule has 20 heavy (non-hydrogen) atoms. The summed E-state index contributed by atoms with van der Waals surface area (Å²) in [6, 6.07) is 8.03. The molecule has 2 aromatic heterocycles. The van der Waals surface area contributed by atoms with Crippen molar-refractivity contribution in [2.75, 3.05) is 11.9 Å². The summed E-state index contributed by atoms with van der Waals surface area (Å²) in [6.07, 6.45) is 3.34. The lowest BCUT2D eigenvalue weighted by atomic mass is 10.1. The second-order valence-corrected chi connectivity index (χ2v) is 4.59. The van der Waals surface area contributed by atoms with E-state index in [0.717, 1.165) is 28.1 Å². The molecule has 6 heteroatoms. The molecule has 0 aliphatic rings. The molecule has 2 heterocycles. The van der Waals surface area contributed by atoms with Crippen LogP contribution in [-0.4, -0.2) is 26.8 Å². The van der Waals surface area contributed by atoms with E-state index in [1.807, 2.05) is 43.3 Å². The Bertz CT molecular complexity index is 748. The Hall–Kier alpha value is -2.47. The highest BCUT2D eigenvalue weighted by molar-refractivity contribution is 5.89. The molecule has 1 aromatic carbocycles. The Morgan fingerprint density at radius 2 is 2.05 bits per heavy atom. The summed E-state index contributed by atoms with van der Waals surface area (Å²) in [5.74, 6) is 0.823. The molecular formula is C14H16N6. The lowest BCUT2D eigenvalue weighted by Crippen LogP contribution is -2.15. The van der Waals surface area contributed by atoms with Gasteiger partial charge >= 0.3 is 0 Å². The predicted molar refractivity (Wildman–Crippen MR) is 78.7 cm³/mol. The van der Waals surface area contributed by atoms with Crippen molar-refractivity contribution in [3.05, 3.63) is 42.4 Å². The van der Waals surface area contributed by atoms with E-state index in [2.05, 4.69) is 15.1 Å². The van der Waals surface area contributed by atoms with Crippen LogP contribution in [0.2, 0.25) is 0 Å². The average molecular weight is 268 g/mol. The first-order valence-electron chi connectivity index (χ1n) is 6.36. The molecule has 0 amide bonds. The summed E-state index contributed by atoms with van der Waals surface area (Å²) in [5, 5.41) is 5.16. The summed E-state index contributed by atoms with van der Waals surface area (Å²) in [5.41, 5.74) is 8.73. The molecule has 0 saturated heterocycles. The van der Waals surface area contributed by atoms with E-state index in [4.69, 9.17) is 5.73 Å². The summed E-state index contributed by atoms with van der Waals surface area (Å²) < 4.78 is 1.74. The second kappa shape index (κ2) is 4.90. The van der Waals surface area contributed by atoms with Gasteiger partial charge in [0.05, 0.1) is 11.6 Å². The summed E-state index contributed by atoms with van der Waals surface area (Å²) in [4.78, 5) is 10.7. The van der Waals surface area contributed by atoms with Crippen molar-refractivity contribution in [2.24, 2.45) is 12.8 Å². The fourth-order valence-corrected chi connectivity index (χ4v) is 2.34. The number of nitrogens with two attached hydrogens (primary N) is 1. The van der Waals surface area contributed by atoms with E-state index < -0.39 is 0 Å². The van der Waals surface area contributed by atoms with E-state index in [9.17, 15) is 0 Å². The molecule has 0 saturated carbocycles. The maximum atomic E-state index is 5.81. The molecule has 0 aliphatic heterocycles. The largest absolute Gasteiger partial charge is 0.328 e. The lowest BCUT2D eigenvalue weighted by Gasteiger charge is -2.21. The SMILES string of the molecule is CN(c1ccccc1CN)c1ncnc2c1cnn2C. The van der Waals surface area contributed by atoms with E-state index in [1.54, 1.807) is 17.2 Å². The number of nitrogens with zero attached hydrogens (tertiary/aromatic N) is 5. The van der Waals surface area contributed by atoms with Gasteiger partial charge in [-0.15, -0.1) is 0 Å². The quantitative estimate of drug-likeness (QED) is 0.781. The van der Waals surface area contributed by atoms with E-state index in [-0.39, 0.29) is 0 Å². The molecule has 0 aliphatic carbocycles. The first kappa shape index (κ1) is 12.6. The minimum atomic E-state index is 0.488. The normalized spacial score (nSPS) is 10.9. The second-order valence-electron chi connectivity index (χ2n) is 4.59. The van der Waals surface area contributed by atoms with Crippen molar-refractivity contribution in [3.8, 4) is 0 Å². The number of rotatable bonds is 3. The number of anilines is 2. The topological polar surface area (TPSA) is 72.9 Å². The zero-order chi connectivity index (χ0) is 14.1. The third-order valence-electron chi connectivity index (χ3n) is 3.40. The van der Waals surface area contributed by atoms with Crippen LogP contribution < -0.4 is 10.6 Å². The molecule has 2 N–H and O–H groups in total. The fourth-order valence-electron chi connectivity index (χ4n) is 2.34. The molecule has 102 valence electrons. The first-order chi connectivity index (χ1) is 9.72. The van der Waals surface area contributed by atoms with Crippen LogP contribution in [0.25, 0.3) is 11.0 Å². The molecule has 0 fully saturated rings. The Morgan fingerprint density at radius 3 is 2.85 bits per heavy atom. The van der Waals surface area contributed by atoms with E-state index in [0.29, 0.717) is 6.54 Å². The third kappa shape index (κ3) is 1.90. The molecule has 3 rings (SSSR count). The van der Waals surface area contributed by atoms with Crippen LogP contribution in [-0.2, 0) is 13.6 Å². The molecule has 0 unspecified atom stereocenters. The van der Waals surface area contributed by atoms with Crippen LogP contribution in [0.4, 0.5) is 11.5 Å². The van der Waals surface area contributed by atoms with Crippen LogP contribution in [0.15, 0.2) is 36.8 Å². The number of fused-ring (bicyclic) bond motifs is 1. The molecule has 0 atom stereocenters. The molecule has 3 aromatic rings. The highest BCUT2D eigenvalue weighted by Crippen LogP contribution is 2.29. The summed E-state index contributed by atoms with van der Waals surface area (Å²) >= 11 is 0. The molecular weight excluding hydrogens is 252 g/mol. The van der Waals surface area contributed by atoms with Gasteiger partial charge in [0.25, 0.3) is 0 Å². The van der Waals surface area contributed by atoms with Crippen LogP contribution in [0.5, 0.6) is 0 Å². The van der Waals surface area contributed by atoms with Crippen LogP contribution in [0.3, 0.4) is 0 Å². The Morgan fingerprint density at radius 1 is 1.25 bits per heavy atom. The van der Waals surface area contributed by atoms with Crippen molar-refractivity contribution in [2.45, 2.75) is 6.54 Å². The number of aryl methyl sites for hydroxylation is 1. The van der Waals surface area contributed by atoms with Crippen LogP contribution in [0.1, 0.15) is 5.56 Å². The number of hydrogen-bond donors (Lipinski definition) is 1. The number of hydrogen-bond acceptors (Lipinski definition) is 5. The summed E-state index contributed by atoms with van der Waals surface area (Å²) in [7, 11) is 3.84. The maximum absolute atomic E-state index is 5.81. The lowest BCUT2D eigenvalue weighted by molar-refractivity contribution is 0.785. The number of benzene rings is 1. The molecule has 6 nitrogen and oxygen atoms in total. The van der Waals surface area contributed by atoms with Gasteiger partial charge in [-0.2, -0.15) is 5.10 Å². The number of para-hydroxylation sites is 1. The highest BCUT2D eigenvalue weighted by Gasteiger charge is 2.14. The van der Waals surface area contributed by atoms with Gasteiger partial charge in [-0.25, -0.2) is 9.97 Å². The minimum Gasteiger partial charge on any atom is -0.328 e. The van der Waals surface area contributed by atoms with Gasteiger partial charge in [-0.05, 0) is 11.6 Å². The molecule has 0 bridgehead atoms. The third-order valence-corrected chi connectivity index (χ3v) is 3.40. The average Bonchev–Trinajstić information content (AvgIpc) is 2.88. The van der Waals surface area contributed by atoms with Crippen molar-refractivity contribution in [1.29, 1.82) is 0 Å². The van der Waals surface area contributed by atoms with Gasteiger partial charge in [0.15, 0.2) is 5.65 Å². The van der Waals surface area contributed by atoms with Crippen LogP contribution in [0, 0.1) is 0 Å². The Kier molecular flexibility index (Phi) is 3.08. The van der Waals surface area contributed by atoms with Crippen LogP contribution >= 0.6 is 0 Å². The number of aromatic nitrogens is 4. The summed E-state index contributed by atoms with van der Waals surface area (Å²) in [6.45, 7) is 0.488. The van der Waals surface area contributed by atoms with Gasteiger partial charge in [-0.3, -0.25) is 4.68 Å². The Balaban J connectivity index is 2.15. The molecule has 0 radical (unpaired) electrons. The van der Waals surface area contributed by atoms with Crippen molar-refractivity contribution < 1.29 is 0 Å². The fraction of sp³-hybridized carbons (Fsp3) is 0.214. The van der Waals surface area contributed by atoms with Gasteiger partial charge in [-0.1, -0.05) is 18.2 Å². The standard InChI is InChI=1S/C14H16N6/c1-19(12-6-4-3-5-10(12)7-15)13-11-8-18-20(2)14(11)17-9-16-13/h3-6,8-9H,7,15H2,1-2H3. The smallest absolute Gasteiger partial charge is 0.163 e. The van der Waals surface area contributed by atoms with E-state index >= 15 is 0 Å². The zero-order valence-electron chi connectivity index (χ0n) is 11.5. The minimum absolute atomic E-state index is 0.488. The van der Waals surface area contributed by atoms with Gasteiger partial charge in [0, 0.05) is 26.3 Å². The van der Waals surface area contributed by atoms with Gasteiger partial charge in [0.2, 0.25) is 0 Å². The van der Waals surface area contributed by atoms with Crippen molar-refractivity contribution >= 4 is 22.5 Å². The zero-order valence-corrected chi connectivity index (χ0v) is 11.5. The monoisotopic (exact) mass is 268 g/mol. The molecule has 0 spiro atoms. The van der Waals surface area contributed by atoms with Gasteiger partial charge < -0.3 is 10.6 Å².